The summed E-state index contributed by atoms with van der Waals surface area (Å²) in [6.45, 7) is 2.18. The molecule has 0 radical (unpaired) electrons. The molecule has 0 unspecified atom stereocenters. The number of hydrogen-bond donors (Lipinski definition) is 3. The highest BCUT2D eigenvalue weighted by Crippen LogP contribution is 2.28. The van der Waals surface area contributed by atoms with Gasteiger partial charge in [-0.25, -0.2) is 8.42 Å². The standard InChI is InChI=1S/C18H23NO4S/c1-2-3-4-5-6-14-7-9-15(10-8-14)19-24(22,23)16-11-12-17(20)18(21)13-16/h7-13,19-21H,2-6H2,1H3. The molecule has 0 saturated heterocycles. The van der Waals surface area contributed by atoms with Crippen molar-refractivity contribution in [3.05, 3.63) is 48.0 Å². The molecule has 3 N–H and O–H groups in total. The molecule has 2 aromatic rings. The summed E-state index contributed by atoms with van der Waals surface area (Å²) >= 11 is 0. The Balaban J connectivity index is 2.03. The largest absolute Gasteiger partial charge is 0.504 e. The third kappa shape index (κ3) is 4.89. The summed E-state index contributed by atoms with van der Waals surface area (Å²) < 4.78 is 27.0. The zero-order valence-corrected chi connectivity index (χ0v) is 14.5. The second kappa shape index (κ2) is 8.06. The lowest BCUT2D eigenvalue weighted by molar-refractivity contribution is 0.402. The van der Waals surface area contributed by atoms with E-state index in [9.17, 15) is 18.6 Å². The van der Waals surface area contributed by atoms with Crippen LogP contribution in [0.1, 0.15) is 38.2 Å². The molecule has 2 aromatic carbocycles. The van der Waals surface area contributed by atoms with Gasteiger partial charge in [0, 0.05) is 11.8 Å². The first-order valence-corrected chi connectivity index (χ1v) is 9.54. The number of benzene rings is 2. The van der Waals surface area contributed by atoms with E-state index in [1.165, 1.54) is 30.9 Å². The van der Waals surface area contributed by atoms with Crippen LogP contribution in [0.4, 0.5) is 5.69 Å². The van der Waals surface area contributed by atoms with Gasteiger partial charge in [0.05, 0.1) is 4.90 Å². The average molecular weight is 349 g/mol. The average Bonchev–Trinajstić information content (AvgIpc) is 2.55. The normalized spacial score (nSPS) is 11.4. The lowest BCUT2D eigenvalue weighted by Crippen LogP contribution is -2.12. The second-order valence-electron chi connectivity index (χ2n) is 5.76. The predicted octanol–water partition coefficient (Wildman–Crippen LogP) is 4.02. The van der Waals surface area contributed by atoms with Crippen molar-refractivity contribution in [2.24, 2.45) is 0 Å². The van der Waals surface area contributed by atoms with Gasteiger partial charge in [0.25, 0.3) is 10.0 Å². The fraction of sp³-hybridized carbons (Fsp3) is 0.333. The van der Waals surface area contributed by atoms with Crippen LogP contribution in [-0.2, 0) is 16.4 Å². The molecule has 0 saturated carbocycles. The first-order chi connectivity index (χ1) is 11.4. The zero-order valence-electron chi connectivity index (χ0n) is 13.7. The maximum atomic E-state index is 12.3. The van der Waals surface area contributed by atoms with Crippen molar-refractivity contribution in [2.45, 2.75) is 43.9 Å². The van der Waals surface area contributed by atoms with E-state index in [-0.39, 0.29) is 10.6 Å². The van der Waals surface area contributed by atoms with Gasteiger partial charge in [-0.1, -0.05) is 38.3 Å². The maximum absolute atomic E-state index is 12.3. The van der Waals surface area contributed by atoms with Crippen LogP contribution in [0.25, 0.3) is 0 Å². The van der Waals surface area contributed by atoms with Crippen molar-refractivity contribution in [1.82, 2.24) is 0 Å². The lowest BCUT2D eigenvalue weighted by Gasteiger charge is -2.10. The highest BCUT2D eigenvalue weighted by molar-refractivity contribution is 7.92. The quantitative estimate of drug-likeness (QED) is 0.496. The fourth-order valence-corrected chi connectivity index (χ4v) is 3.46. The van der Waals surface area contributed by atoms with Crippen molar-refractivity contribution in [2.75, 3.05) is 4.72 Å². The Morgan fingerprint density at radius 2 is 1.62 bits per heavy atom. The Morgan fingerprint density at radius 3 is 2.25 bits per heavy atom. The SMILES string of the molecule is CCCCCCc1ccc(NS(=O)(=O)c2ccc(O)c(O)c2)cc1. The van der Waals surface area contributed by atoms with E-state index >= 15 is 0 Å². The molecule has 0 aromatic heterocycles. The molecule has 6 heteroatoms. The molecule has 0 bridgehead atoms. The van der Waals surface area contributed by atoms with Crippen LogP contribution in [-0.4, -0.2) is 18.6 Å². The number of hydrogen-bond acceptors (Lipinski definition) is 4. The molecule has 24 heavy (non-hydrogen) atoms. The van der Waals surface area contributed by atoms with Gasteiger partial charge in [-0.15, -0.1) is 0 Å². The van der Waals surface area contributed by atoms with Crippen molar-refractivity contribution >= 4 is 15.7 Å². The van der Waals surface area contributed by atoms with Crippen LogP contribution in [0.3, 0.4) is 0 Å². The van der Waals surface area contributed by atoms with Crippen molar-refractivity contribution in [3.8, 4) is 11.5 Å². The summed E-state index contributed by atoms with van der Waals surface area (Å²) in [5.41, 5.74) is 1.64. The molecule has 130 valence electrons. The highest BCUT2D eigenvalue weighted by atomic mass is 32.2. The molecule has 0 aliphatic carbocycles. The minimum Gasteiger partial charge on any atom is -0.504 e. The van der Waals surface area contributed by atoms with Crippen molar-refractivity contribution < 1.29 is 18.6 Å². The van der Waals surface area contributed by atoms with Crippen LogP contribution >= 0.6 is 0 Å². The number of aromatic hydroxyl groups is 2. The molecule has 0 aliphatic rings. The number of sulfonamides is 1. The number of phenolic OH excluding ortho intramolecular Hbond substituents is 2. The topological polar surface area (TPSA) is 86.6 Å². The summed E-state index contributed by atoms with van der Waals surface area (Å²) in [5, 5.41) is 18.7. The van der Waals surface area contributed by atoms with Crippen LogP contribution in [0.15, 0.2) is 47.4 Å². The molecule has 5 nitrogen and oxygen atoms in total. The van der Waals surface area contributed by atoms with Crippen LogP contribution in [0.5, 0.6) is 11.5 Å². The van der Waals surface area contributed by atoms with Gasteiger partial charge in [0.2, 0.25) is 0 Å². The Morgan fingerprint density at radius 1 is 0.917 bits per heavy atom. The lowest BCUT2D eigenvalue weighted by atomic mass is 10.1. The second-order valence-corrected chi connectivity index (χ2v) is 7.45. The van der Waals surface area contributed by atoms with Gasteiger partial charge in [0.15, 0.2) is 11.5 Å². The molecular formula is C18H23NO4S. The van der Waals surface area contributed by atoms with Crippen LogP contribution in [0, 0.1) is 0 Å². The van der Waals surface area contributed by atoms with Crippen molar-refractivity contribution in [1.29, 1.82) is 0 Å². The number of phenols is 2. The van der Waals surface area contributed by atoms with Gasteiger partial charge in [0.1, 0.15) is 0 Å². The molecule has 0 fully saturated rings. The maximum Gasteiger partial charge on any atom is 0.262 e. The van der Waals surface area contributed by atoms with E-state index in [2.05, 4.69) is 11.6 Å². The summed E-state index contributed by atoms with van der Waals surface area (Å²) in [4.78, 5) is -0.110. The minimum atomic E-state index is -3.81. The number of unbranched alkanes of at least 4 members (excludes halogenated alkanes) is 3. The van der Waals surface area contributed by atoms with Gasteiger partial charge >= 0.3 is 0 Å². The number of rotatable bonds is 8. The number of nitrogens with one attached hydrogen (secondary N) is 1. The van der Waals surface area contributed by atoms with Crippen molar-refractivity contribution in [3.63, 3.8) is 0 Å². The third-order valence-corrected chi connectivity index (χ3v) is 5.16. The highest BCUT2D eigenvalue weighted by Gasteiger charge is 2.16. The summed E-state index contributed by atoms with van der Waals surface area (Å²) in [5.74, 6) is -0.832. The Hall–Kier alpha value is -2.21. The molecule has 0 spiro atoms. The van der Waals surface area contributed by atoms with E-state index in [0.29, 0.717) is 5.69 Å². The molecule has 0 atom stereocenters. The first kappa shape index (κ1) is 18.1. The minimum absolute atomic E-state index is 0.110. The van der Waals surface area contributed by atoms with Gasteiger partial charge in [-0.3, -0.25) is 4.72 Å². The van der Waals surface area contributed by atoms with Gasteiger partial charge in [-0.05, 0) is 42.7 Å². The summed E-state index contributed by atoms with van der Waals surface area (Å²) in [7, 11) is -3.81. The molecular weight excluding hydrogens is 326 g/mol. The van der Waals surface area contributed by atoms with E-state index in [0.717, 1.165) is 25.0 Å². The smallest absolute Gasteiger partial charge is 0.262 e. The Kier molecular flexibility index (Phi) is 6.09. The Bertz CT molecular complexity index is 770. The van der Waals surface area contributed by atoms with Crippen LogP contribution in [0.2, 0.25) is 0 Å². The number of anilines is 1. The van der Waals surface area contributed by atoms with Gasteiger partial charge in [-0.2, -0.15) is 0 Å². The van der Waals surface area contributed by atoms with E-state index in [1.54, 1.807) is 12.1 Å². The summed E-state index contributed by atoms with van der Waals surface area (Å²) in [6, 6.07) is 10.7. The predicted molar refractivity (Wildman–Crippen MR) is 94.9 cm³/mol. The Labute approximate surface area is 143 Å². The zero-order chi connectivity index (χ0) is 17.6. The van der Waals surface area contributed by atoms with E-state index in [4.69, 9.17) is 0 Å². The number of aryl methyl sites for hydroxylation is 1. The fourth-order valence-electron chi connectivity index (χ4n) is 2.38. The molecule has 0 aliphatic heterocycles. The van der Waals surface area contributed by atoms with Gasteiger partial charge < -0.3 is 10.2 Å². The molecule has 0 heterocycles. The monoisotopic (exact) mass is 349 g/mol. The van der Waals surface area contributed by atoms with E-state index < -0.39 is 15.8 Å². The summed E-state index contributed by atoms with van der Waals surface area (Å²) in [6.07, 6.45) is 5.75. The van der Waals surface area contributed by atoms with E-state index in [1.807, 2.05) is 12.1 Å². The first-order valence-electron chi connectivity index (χ1n) is 8.06. The third-order valence-electron chi connectivity index (χ3n) is 3.78. The molecule has 0 amide bonds. The van der Waals surface area contributed by atoms with Crippen LogP contribution < -0.4 is 4.72 Å². The molecule has 2 rings (SSSR count).